The van der Waals surface area contributed by atoms with Crippen LogP contribution >= 0.6 is 8.03 Å². The molecule has 1 aliphatic rings. The summed E-state index contributed by atoms with van der Waals surface area (Å²) in [5.41, 5.74) is -0.672. The molecule has 0 spiro atoms. The molecule has 9 heteroatoms. The van der Waals surface area contributed by atoms with Crippen LogP contribution in [0.15, 0.2) is 0 Å². The molecule has 4 atom stereocenters. The molecule has 0 aromatic rings. The summed E-state index contributed by atoms with van der Waals surface area (Å²) in [4.78, 5) is 32.7. The zero-order valence-corrected chi connectivity index (χ0v) is 16.6. The van der Waals surface area contributed by atoms with Crippen molar-refractivity contribution in [1.82, 2.24) is 5.32 Å². The van der Waals surface area contributed by atoms with Crippen molar-refractivity contribution < 1.29 is 33.6 Å². The van der Waals surface area contributed by atoms with Gasteiger partial charge in [-0.25, -0.2) is 4.79 Å². The van der Waals surface area contributed by atoms with E-state index >= 15 is 0 Å². The van der Waals surface area contributed by atoms with Gasteiger partial charge in [-0.1, -0.05) is 33.1 Å². The van der Waals surface area contributed by atoms with Crippen molar-refractivity contribution in [2.75, 3.05) is 6.54 Å². The molecule has 8 nitrogen and oxygen atoms in total. The third-order valence-electron chi connectivity index (χ3n) is 4.52. The van der Waals surface area contributed by atoms with Crippen molar-refractivity contribution in [3.05, 3.63) is 0 Å². The Balaban J connectivity index is 2.36. The van der Waals surface area contributed by atoms with E-state index in [1.54, 1.807) is 13.8 Å². The van der Waals surface area contributed by atoms with Crippen LogP contribution in [0.1, 0.15) is 59.3 Å². The fourth-order valence-corrected chi connectivity index (χ4v) is 4.23. The molecule has 0 aromatic carbocycles. The number of hydrogen-bond acceptors (Lipinski definition) is 6. The van der Waals surface area contributed by atoms with E-state index in [0.29, 0.717) is 0 Å². The number of esters is 1. The first kappa shape index (κ1) is 22.8. The molecule has 26 heavy (non-hydrogen) atoms. The Kier molecular flexibility index (Phi) is 10.1. The Morgan fingerprint density at radius 3 is 2.31 bits per heavy atom. The Labute approximate surface area is 155 Å². The second-order valence-electron chi connectivity index (χ2n) is 7.04. The molecule has 150 valence electrons. The number of hydrogen-bond donors (Lipinski definition) is 3. The summed E-state index contributed by atoms with van der Waals surface area (Å²) in [5, 5.41) is 12.8. The van der Waals surface area contributed by atoms with Gasteiger partial charge in [0.05, 0.1) is 5.92 Å². The number of aliphatic hydroxyl groups excluding tert-OH is 1. The topological polar surface area (TPSA) is 122 Å². The van der Waals surface area contributed by atoms with E-state index in [1.807, 2.05) is 0 Å². The average molecular weight is 392 g/mol. The van der Waals surface area contributed by atoms with E-state index in [9.17, 15) is 24.2 Å². The SMILES string of the molecule is CC(C)C(=O)O[C@@H](C)OC(=O)NCC[C@@H](O)[C@@H](C1CCCCC1)[P+](=O)O. The lowest BCUT2D eigenvalue weighted by Crippen LogP contribution is -2.37. The van der Waals surface area contributed by atoms with Crippen LogP contribution in [0, 0.1) is 11.8 Å². The van der Waals surface area contributed by atoms with Crippen LogP contribution in [-0.2, 0) is 18.8 Å². The van der Waals surface area contributed by atoms with Crippen molar-refractivity contribution in [3.8, 4) is 0 Å². The molecule has 0 radical (unpaired) electrons. The van der Waals surface area contributed by atoms with Gasteiger partial charge in [-0.05, 0) is 23.8 Å². The number of carbonyl (C=O) groups is 2. The van der Waals surface area contributed by atoms with Gasteiger partial charge in [0.15, 0.2) is 0 Å². The Hall–Kier alpha value is -1.24. The van der Waals surface area contributed by atoms with Gasteiger partial charge in [0, 0.05) is 19.4 Å². The summed E-state index contributed by atoms with van der Waals surface area (Å²) in [6.07, 6.45) is 2.22. The van der Waals surface area contributed by atoms with Gasteiger partial charge in [0.1, 0.15) is 6.10 Å². The maximum absolute atomic E-state index is 11.7. The predicted molar refractivity (Wildman–Crippen MR) is 95.7 cm³/mol. The molecule has 0 saturated heterocycles. The third-order valence-corrected chi connectivity index (χ3v) is 5.79. The molecule has 0 bridgehead atoms. The van der Waals surface area contributed by atoms with E-state index < -0.39 is 38.1 Å². The predicted octanol–water partition coefficient (Wildman–Crippen LogP) is 2.69. The Morgan fingerprint density at radius 1 is 1.15 bits per heavy atom. The Morgan fingerprint density at radius 2 is 1.77 bits per heavy atom. The number of ether oxygens (including phenoxy) is 2. The lowest BCUT2D eigenvalue weighted by atomic mass is 9.84. The molecular formula is C17H31NO7P+. The van der Waals surface area contributed by atoms with Crippen LogP contribution in [0.3, 0.4) is 0 Å². The molecule has 1 amide bonds. The first-order valence-corrected chi connectivity index (χ1v) is 10.5. The molecule has 1 fully saturated rings. The molecule has 3 N–H and O–H groups in total. The minimum Gasteiger partial charge on any atom is -0.425 e. The van der Waals surface area contributed by atoms with Gasteiger partial charge < -0.3 is 19.9 Å². The maximum atomic E-state index is 11.7. The van der Waals surface area contributed by atoms with Gasteiger partial charge in [-0.2, -0.15) is 4.89 Å². The van der Waals surface area contributed by atoms with Gasteiger partial charge >= 0.3 is 20.1 Å². The smallest absolute Gasteiger partial charge is 0.425 e. The van der Waals surface area contributed by atoms with E-state index in [1.165, 1.54) is 6.92 Å². The highest BCUT2D eigenvalue weighted by Crippen LogP contribution is 2.40. The van der Waals surface area contributed by atoms with E-state index in [-0.39, 0.29) is 24.8 Å². The lowest BCUT2D eigenvalue weighted by Gasteiger charge is -2.25. The van der Waals surface area contributed by atoms with Crippen molar-refractivity contribution in [2.24, 2.45) is 11.8 Å². The van der Waals surface area contributed by atoms with E-state index in [0.717, 1.165) is 32.1 Å². The number of rotatable bonds is 9. The second-order valence-corrected chi connectivity index (χ2v) is 8.24. The molecule has 0 aromatic heterocycles. The zero-order chi connectivity index (χ0) is 19.7. The Bertz CT molecular complexity index is 480. The van der Waals surface area contributed by atoms with Crippen LogP contribution in [0.4, 0.5) is 4.79 Å². The number of carbonyl (C=O) groups excluding carboxylic acids is 2. The maximum Gasteiger partial charge on any atom is 0.511 e. The highest BCUT2D eigenvalue weighted by Gasteiger charge is 2.43. The molecular weight excluding hydrogens is 361 g/mol. The molecule has 1 saturated carbocycles. The molecule has 0 aliphatic heterocycles. The number of amides is 1. The van der Waals surface area contributed by atoms with Gasteiger partial charge in [0.2, 0.25) is 11.9 Å². The van der Waals surface area contributed by atoms with E-state index in [2.05, 4.69) is 5.32 Å². The normalized spacial score (nSPS) is 19.4. The number of aliphatic hydroxyl groups is 1. The summed E-state index contributed by atoms with van der Waals surface area (Å²) in [6.45, 7) is 4.87. The summed E-state index contributed by atoms with van der Waals surface area (Å²) in [7, 11) is -2.49. The summed E-state index contributed by atoms with van der Waals surface area (Å²) in [5.74, 6) is -0.756. The minimum absolute atomic E-state index is 0.0368. The molecule has 0 heterocycles. The van der Waals surface area contributed by atoms with Crippen molar-refractivity contribution in [2.45, 2.75) is 77.3 Å². The number of alkyl carbamates (subject to hydrolysis) is 1. The highest BCUT2D eigenvalue weighted by molar-refractivity contribution is 7.39. The largest absolute Gasteiger partial charge is 0.511 e. The highest BCUT2D eigenvalue weighted by atomic mass is 31.1. The van der Waals surface area contributed by atoms with Crippen LogP contribution < -0.4 is 5.32 Å². The average Bonchev–Trinajstić information content (AvgIpc) is 2.55. The summed E-state index contributed by atoms with van der Waals surface area (Å²) < 4.78 is 21.5. The first-order valence-electron chi connectivity index (χ1n) is 9.20. The quantitative estimate of drug-likeness (QED) is 0.313. The van der Waals surface area contributed by atoms with E-state index in [4.69, 9.17) is 9.47 Å². The minimum atomic E-state index is -2.49. The van der Waals surface area contributed by atoms with Gasteiger partial charge in [-0.3, -0.25) is 4.79 Å². The van der Waals surface area contributed by atoms with Crippen LogP contribution in [-0.4, -0.2) is 46.7 Å². The summed E-state index contributed by atoms with van der Waals surface area (Å²) >= 11 is 0. The van der Waals surface area contributed by atoms with Crippen LogP contribution in [0.5, 0.6) is 0 Å². The fourth-order valence-electron chi connectivity index (χ4n) is 3.13. The van der Waals surface area contributed by atoms with Gasteiger partial charge in [-0.15, -0.1) is 0 Å². The fraction of sp³-hybridized carbons (Fsp3) is 0.882. The molecule has 1 rings (SSSR count). The van der Waals surface area contributed by atoms with Crippen molar-refractivity contribution in [1.29, 1.82) is 0 Å². The summed E-state index contributed by atoms with van der Waals surface area (Å²) in [6, 6.07) is 0. The monoisotopic (exact) mass is 392 g/mol. The molecule has 1 aliphatic carbocycles. The lowest BCUT2D eigenvalue weighted by molar-refractivity contribution is -0.168. The van der Waals surface area contributed by atoms with Crippen LogP contribution in [0.25, 0.3) is 0 Å². The first-order chi connectivity index (χ1) is 12.2. The van der Waals surface area contributed by atoms with Gasteiger partial charge in [0.25, 0.3) is 0 Å². The standard InChI is InChI=1S/C17H30NO7P/c1-11(2)16(20)24-12(3)25-17(21)18-10-9-14(19)15(26(22)23)13-7-5-4-6-8-13/h11-15,19H,4-10H2,1-3H3,(H-,18,21,22,23)/p+1/t12-,14-,15-/m1/s1. The second kappa shape index (κ2) is 11.5. The number of nitrogens with one attached hydrogen (secondary N) is 1. The third kappa shape index (κ3) is 7.98. The van der Waals surface area contributed by atoms with Crippen molar-refractivity contribution in [3.63, 3.8) is 0 Å². The zero-order valence-electron chi connectivity index (χ0n) is 15.7. The van der Waals surface area contributed by atoms with Crippen LogP contribution in [0.2, 0.25) is 0 Å². The van der Waals surface area contributed by atoms with Crippen molar-refractivity contribution >= 4 is 20.1 Å². The molecule has 1 unspecified atom stereocenters.